The largest absolute Gasteiger partial charge is 0.484 e. The molecule has 0 saturated heterocycles. The van der Waals surface area contributed by atoms with E-state index in [2.05, 4.69) is 21.2 Å². The predicted molar refractivity (Wildman–Crippen MR) is 148 cm³/mol. The molecule has 36 heavy (non-hydrogen) atoms. The molecule has 3 rings (SSSR count). The Bertz CT molecular complexity index is 1190. The van der Waals surface area contributed by atoms with Crippen LogP contribution < -0.4 is 10.1 Å². The van der Waals surface area contributed by atoms with E-state index in [9.17, 15) is 9.59 Å². The highest BCUT2D eigenvalue weighted by Crippen LogP contribution is 2.22. The van der Waals surface area contributed by atoms with E-state index in [-0.39, 0.29) is 25.0 Å². The van der Waals surface area contributed by atoms with Crippen LogP contribution in [0, 0.1) is 6.92 Å². The van der Waals surface area contributed by atoms with E-state index in [0.717, 1.165) is 21.2 Å². The Morgan fingerprint density at radius 3 is 2.33 bits per heavy atom. The second kappa shape index (κ2) is 12.4. The average molecular weight is 572 g/mol. The van der Waals surface area contributed by atoms with Crippen molar-refractivity contribution >= 4 is 39.3 Å². The van der Waals surface area contributed by atoms with Crippen LogP contribution in [-0.4, -0.2) is 34.9 Å². The number of hydrogen-bond acceptors (Lipinski definition) is 3. The van der Waals surface area contributed by atoms with Gasteiger partial charge in [-0.15, -0.1) is 0 Å². The molecule has 0 radical (unpaired) electrons. The molecule has 0 aliphatic carbocycles. The van der Waals surface area contributed by atoms with Crippen molar-refractivity contribution in [2.45, 2.75) is 52.2 Å². The smallest absolute Gasteiger partial charge is 0.261 e. The first-order chi connectivity index (χ1) is 17.0. The molecule has 1 unspecified atom stereocenters. The average Bonchev–Trinajstić information content (AvgIpc) is 2.81. The zero-order valence-electron chi connectivity index (χ0n) is 21.1. The standard InChI is InChI=1S/C29H32BrClN2O3/c1-20-15-24(13-14-25(20)30)36-19-27(34)33(18-22-11-8-12-23(31)16-22)26(28(35)32-29(2,3)4)17-21-9-6-5-7-10-21/h5-16,26H,17-19H2,1-4H3,(H,32,35). The SMILES string of the molecule is Cc1cc(OCC(=O)N(Cc2cccc(Cl)c2)C(Cc2ccccc2)C(=O)NC(C)(C)C)ccc1Br. The maximum absolute atomic E-state index is 13.6. The van der Waals surface area contributed by atoms with Gasteiger partial charge in [-0.3, -0.25) is 9.59 Å². The van der Waals surface area contributed by atoms with E-state index in [1.165, 1.54) is 0 Å². The van der Waals surface area contributed by atoms with Crippen molar-refractivity contribution in [2.75, 3.05) is 6.61 Å². The molecule has 0 saturated carbocycles. The fraction of sp³-hybridized carbons (Fsp3) is 0.310. The zero-order chi connectivity index (χ0) is 26.3. The van der Waals surface area contributed by atoms with Crippen molar-refractivity contribution in [3.63, 3.8) is 0 Å². The van der Waals surface area contributed by atoms with Gasteiger partial charge in [0.1, 0.15) is 11.8 Å². The van der Waals surface area contributed by atoms with Gasteiger partial charge in [0, 0.05) is 28.0 Å². The summed E-state index contributed by atoms with van der Waals surface area (Å²) in [5.41, 5.74) is 2.33. The minimum atomic E-state index is -0.742. The second-order valence-electron chi connectivity index (χ2n) is 9.80. The summed E-state index contributed by atoms with van der Waals surface area (Å²) >= 11 is 9.70. The van der Waals surface area contributed by atoms with Crippen LogP contribution in [0.5, 0.6) is 5.75 Å². The second-order valence-corrected chi connectivity index (χ2v) is 11.1. The summed E-state index contributed by atoms with van der Waals surface area (Å²) in [6.45, 7) is 7.75. The Morgan fingerprint density at radius 2 is 1.69 bits per heavy atom. The predicted octanol–water partition coefficient (Wildman–Crippen LogP) is 6.34. The fourth-order valence-electron chi connectivity index (χ4n) is 3.77. The Balaban J connectivity index is 1.93. The molecule has 1 atom stereocenters. The molecule has 0 fully saturated rings. The van der Waals surface area contributed by atoms with Gasteiger partial charge in [-0.25, -0.2) is 0 Å². The lowest BCUT2D eigenvalue weighted by molar-refractivity contribution is -0.143. The highest BCUT2D eigenvalue weighted by Gasteiger charge is 2.32. The van der Waals surface area contributed by atoms with Crippen LogP contribution in [0.25, 0.3) is 0 Å². The van der Waals surface area contributed by atoms with E-state index in [4.69, 9.17) is 16.3 Å². The number of amides is 2. The third-order valence-electron chi connectivity index (χ3n) is 5.50. The van der Waals surface area contributed by atoms with Crippen LogP contribution >= 0.6 is 27.5 Å². The summed E-state index contributed by atoms with van der Waals surface area (Å²) in [4.78, 5) is 28.8. The topological polar surface area (TPSA) is 58.6 Å². The third kappa shape index (κ3) is 8.38. The van der Waals surface area contributed by atoms with Gasteiger partial charge >= 0.3 is 0 Å². The normalized spacial score (nSPS) is 12.1. The molecule has 3 aromatic carbocycles. The van der Waals surface area contributed by atoms with E-state index in [0.29, 0.717) is 17.2 Å². The number of carbonyl (C=O) groups is 2. The van der Waals surface area contributed by atoms with Crippen LogP contribution in [0.2, 0.25) is 5.02 Å². The summed E-state index contributed by atoms with van der Waals surface area (Å²) in [5.74, 6) is 0.0762. The Morgan fingerprint density at radius 1 is 1.00 bits per heavy atom. The van der Waals surface area contributed by atoms with Gasteiger partial charge in [-0.05, 0) is 74.7 Å². The number of hydrogen-bond donors (Lipinski definition) is 1. The number of aryl methyl sites for hydroxylation is 1. The molecule has 1 N–H and O–H groups in total. The fourth-order valence-corrected chi connectivity index (χ4v) is 4.23. The molecule has 0 heterocycles. The molecule has 190 valence electrons. The third-order valence-corrected chi connectivity index (χ3v) is 6.63. The Kier molecular flexibility index (Phi) is 9.57. The number of carbonyl (C=O) groups excluding carboxylic acids is 2. The lowest BCUT2D eigenvalue weighted by Crippen LogP contribution is -2.55. The molecule has 0 aliphatic heterocycles. The van der Waals surface area contributed by atoms with Gasteiger partial charge in [0.05, 0.1) is 0 Å². The highest BCUT2D eigenvalue weighted by atomic mass is 79.9. The number of rotatable bonds is 9. The molecule has 0 aliphatic rings. The van der Waals surface area contributed by atoms with Crippen LogP contribution in [0.3, 0.4) is 0 Å². The zero-order valence-corrected chi connectivity index (χ0v) is 23.4. The minimum absolute atomic E-state index is 0.199. The van der Waals surface area contributed by atoms with Gasteiger partial charge < -0.3 is 15.0 Å². The number of nitrogens with one attached hydrogen (secondary N) is 1. The van der Waals surface area contributed by atoms with Gasteiger partial charge in [0.2, 0.25) is 5.91 Å². The maximum atomic E-state index is 13.6. The molecular formula is C29H32BrClN2O3. The van der Waals surface area contributed by atoms with Gasteiger partial charge in [0.15, 0.2) is 6.61 Å². The van der Waals surface area contributed by atoms with Crippen molar-refractivity contribution in [3.8, 4) is 5.75 Å². The lowest BCUT2D eigenvalue weighted by atomic mass is 10.0. The highest BCUT2D eigenvalue weighted by molar-refractivity contribution is 9.10. The molecular weight excluding hydrogens is 540 g/mol. The van der Waals surface area contributed by atoms with Gasteiger partial charge in [-0.2, -0.15) is 0 Å². The lowest BCUT2D eigenvalue weighted by Gasteiger charge is -2.33. The van der Waals surface area contributed by atoms with Crippen LogP contribution in [0.4, 0.5) is 0 Å². The molecule has 0 spiro atoms. The summed E-state index contributed by atoms with van der Waals surface area (Å²) in [5, 5.41) is 3.62. The number of halogens is 2. The molecule has 0 aromatic heterocycles. The molecule has 5 nitrogen and oxygen atoms in total. The minimum Gasteiger partial charge on any atom is -0.484 e. The van der Waals surface area contributed by atoms with Gasteiger partial charge in [-0.1, -0.05) is 70.0 Å². The monoisotopic (exact) mass is 570 g/mol. The van der Waals surface area contributed by atoms with E-state index in [1.807, 2.05) is 88.4 Å². The van der Waals surface area contributed by atoms with Crippen molar-refractivity contribution < 1.29 is 14.3 Å². The first-order valence-corrected chi connectivity index (χ1v) is 13.0. The summed E-state index contributed by atoms with van der Waals surface area (Å²) < 4.78 is 6.82. The van der Waals surface area contributed by atoms with E-state index in [1.54, 1.807) is 17.0 Å². The van der Waals surface area contributed by atoms with E-state index >= 15 is 0 Å². The van der Waals surface area contributed by atoms with Crippen LogP contribution in [0.1, 0.15) is 37.5 Å². The maximum Gasteiger partial charge on any atom is 0.261 e. The molecule has 7 heteroatoms. The molecule has 0 bridgehead atoms. The Hall–Kier alpha value is -2.83. The molecule has 2 amide bonds. The van der Waals surface area contributed by atoms with Crippen molar-refractivity contribution in [1.29, 1.82) is 0 Å². The first kappa shape index (κ1) is 27.8. The van der Waals surface area contributed by atoms with Crippen LogP contribution in [-0.2, 0) is 22.6 Å². The summed E-state index contributed by atoms with van der Waals surface area (Å²) in [6, 6.07) is 21.8. The van der Waals surface area contributed by atoms with Crippen molar-refractivity contribution in [3.05, 3.63) is 99.0 Å². The first-order valence-electron chi connectivity index (χ1n) is 11.8. The molecule has 3 aromatic rings. The Labute approximate surface area is 226 Å². The van der Waals surface area contributed by atoms with Crippen molar-refractivity contribution in [1.82, 2.24) is 10.2 Å². The summed E-state index contributed by atoms with van der Waals surface area (Å²) in [6.07, 6.45) is 0.368. The number of ether oxygens (including phenoxy) is 1. The van der Waals surface area contributed by atoms with Gasteiger partial charge in [0.25, 0.3) is 5.91 Å². The quantitative estimate of drug-likeness (QED) is 0.326. The number of benzene rings is 3. The van der Waals surface area contributed by atoms with E-state index < -0.39 is 11.6 Å². The van der Waals surface area contributed by atoms with Crippen molar-refractivity contribution in [2.24, 2.45) is 0 Å². The van der Waals surface area contributed by atoms with Crippen LogP contribution in [0.15, 0.2) is 77.3 Å². The number of nitrogens with zero attached hydrogens (tertiary/aromatic N) is 1. The summed E-state index contributed by atoms with van der Waals surface area (Å²) in [7, 11) is 0.